The van der Waals surface area contributed by atoms with Crippen LogP contribution in [0.15, 0.2) is 17.0 Å². The predicted molar refractivity (Wildman–Crippen MR) is 80.2 cm³/mol. The molecule has 0 aliphatic heterocycles. The van der Waals surface area contributed by atoms with Gasteiger partial charge in [-0.25, -0.2) is 8.42 Å². The first kappa shape index (κ1) is 17.3. The van der Waals surface area contributed by atoms with E-state index in [4.69, 9.17) is 20.2 Å². The summed E-state index contributed by atoms with van der Waals surface area (Å²) in [5.41, 5.74) is 1.17. The Balaban J connectivity index is 2.77. The second kappa shape index (κ2) is 6.33. The minimum Gasteiger partial charge on any atom is -0.491 e. The first-order valence-electron chi connectivity index (χ1n) is 6.34. The summed E-state index contributed by atoms with van der Waals surface area (Å²) >= 11 is 0. The van der Waals surface area contributed by atoms with Crippen molar-refractivity contribution in [2.45, 2.75) is 45.1 Å². The fourth-order valence-corrected chi connectivity index (χ4v) is 2.94. The summed E-state index contributed by atoms with van der Waals surface area (Å²) in [5.74, 6) is 0.643. The van der Waals surface area contributed by atoms with Crippen molar-refractivity contribution in [2.75, 3.05) is 13.2 Å². The smallest absolute Gasteiger partial charge is 0.261 e. The highest BCUT2D eigenvalue weighted by atomic mass is 35.7. The van der Waals surface area contributed by atoms with Gasteiger partial charge in [-0.15, -0.1) is 0 Å². The molecule has 0 fully saturated rings. The zero-order valence-corrected chi connectivity index (χ0v) is 14.1. The molecule has 20 heavy (non-hydrogen) atoms. The second-order valence-electron chi connectivity index (χ2n) is 5.56. The van der Waals surface area contributed by atoms with Crippen LogP contribution >= 0.6 is 10.7 Å². The molecule has 0 radical (unpaired) electrons. The molecule has 0 saturated heterocycles. The van der Waals surface area contributed by atoms with E-state index in [0.29, 0.717) is 24.5 Å². The first-order chi connectivity index (χ1) is 9.02. The topological polar surface area (TPSA) is 52.6 Å². The van der Waals surface area contributed by atoms with E-state index in [-0.39, 0.29) is 10.5 Å². The molecule has 6 heteroatoms. The van der Waals surface area contributed by atoms with Crippen molar-refractivity contribution in [3.63, 3.8) is 0 Å². The van der Waals surface area contributed by atoms with Crippen LogP contribution in [0, 0.1) is 13.8 Å². The fourth-order valence-electron chi connectivity index (χ4n) is 1.69. The molecule has 114 valence electrons. The molecule has 0 atom stereocenters. The number of rotatable bonds is 5. The maximum Gasteiger partial charge on any atom is 0.261 e. The normalized spacial score (nSPS) is 12.5. The quantitative estimate of drug-likeness (QED) is 0.616. The standard InChI is InChI=1S/C14H21ClO4S/c1-10-11(2)13(20(15,16)17)7-6-12(10)18-8-9-19-14(3,4)5/h6-7H,8-9H2,1-5H3. The monoisotopic (exact) mass is 320 g/mol. The van der Waals surface area contributed by atoms with Crippen molar-refractivity contribution < 1.29 is 17.9 Å². The molecule has 0 unspecified atom stereocenters. The van der Waals surface area contributed by atoms with Gasteiger partial charge in [0.25, 0.3) is 9.05 Å². The molecule has 0 heterocycles. The maximum absolute atomic E-state index is 11.4. The zero-order chi connectivity index (χ0) is 15.6. The van der Waals surface area contributed by atoms with Crippen molar-refractivity contribution in [1.29, 1.82) is 0 Å². The Hall–Kier alpha value is -0.780. The lowest BCUT2D eigenvalue weighted by Gasteiger charge is -2.20. The second-order valence-corrected chi connectivity index (χ2v) is 8.09. The molecular weight excluding hydrogens is 300 g/mol. The molecule has 1 aromatic carbocycles. The lowest BCUT2D eigenvalue weighted by molar-refractivity contribution is -0.0163. The summed E-state index contributed by atoms with van der Waals surface area (Å²) in [6.45, 7) is 10.3. The van der Waals surface area contributed by atoms with Crippen LogP contribution in [0.4, 0.5) is 0 Å². The highest BCUT2D eigenvalue weighted by Gasteiger charge is 2.17. The van der Waals surface area contributed by atoms with Crippen LogP contribution < -0.4 is 4.74 Å². The number of benzene rings is 1. The summed E-state index contributed by atoms with van der Waals surface area (Å²) < 4.78 is 34.0. The van der Waals surface area contributed by atoms with E-state index >= 15 is 0 Å². The van der Waals surface area contributed by atoms with E-state index in [1.807, 2.05) is 20.8 Å². The van der Waals surface area contributed by atoms with Crippen molar-refractivity contribution in [3.8, 4) is 5.75 Å². The zero-order valence-electron chi connectivity index (χ0n) is 12.5. The lowest BCUT2D eigenvalue weighted by Crippen LogP contribution is -2.22. The van der Waals surface area contributed by atoms with Crippen molar-refractivity contribution in [3.05, 3.63) is 23.3 Å². The van der Waals surface area contributed by atoms with Crippen LogP contribution in [-0.4, -0.2) is 27.2 Å². The van der Waals surface area contributed by atoms with Gasteiger partial charge >= 0.3 is 0 Å². The van der Waals surface area contributed by atoms with Crippen molar-refractivity contribution in [1.82, 2.24) is 0 Å². The van der Waals surface area contributed by atoms with E-state index in [9.17, 15) is 8.42 Å². The van der Waals surface area contributed by atoms with Crippen LogP contribution in [0.3, 0.4) is 0 Å². The first-order valence-corrected chi connectivity index (χ1v) is 8.65. The molecule has 0 aliphatic carbocycles. The van der Waals surface area contributed by atoms with Gasteiger partial charge in [-0.2, -0.15) is 0 Å². The van der Waals surface area contributed by atoms with Crippen molar-refractivity contribution in [2.24, 2.45) is 0 Å². The van der Waals surface area contributed by atoms with Gasteiger partial charge < -0.3 is 9.47 Å². The molecule has 0 aliphatic rings. The number of hydrogen-bond donors (Lipinski definition) is 0. The predicted octanol–water partition coefficient (Wildman–Crippen LogP) is 3.42. The van der Waals surface area contributed by atoms with Crippen LogP contribution in [-0.2, 0) is 13.8 Å². The third-order valence-corrected chi connectivity index (χ3v) is 4.29. The molecule has 0 spiro atoms. The highest BCUT2D eigenvalue weighted by molar-refractivity contribution is 8.13. The molecule has 0 amide bonds. The molecule has 1 rings (SSSR count). The average molecular weight is 321 g/mol. The van der Waals surface area contributed by atoms with Gasteiger partial charge in [0.2, 0.25) is 0 Å². The average Bonchev–Trinajstić information content (AvgIpc) is 2.26. The van der Waals surface area contributed by atoms with Crippen LogP contribution in [0.1, 0.15) is 31.9 Å². The Labute approximate surface area is 125 Å². The van der Waals surface area contributed by atoms with Gasteiger partial charge in [-0.3, -0.25) is 0 Å². The van der Waals surface area contributed by atoms with Crippen LogP contribution in [0.25, 0.3) is 0 Å². The number of ether oxygens (including phenoxy) is 2. The Morgan fingerprint density at radius 2 is 1.70 bits per heavy atom. The summed E-state index contributed by atoms with van der Waals surface area (Å²) in [7, 11) is 1.65. The minimum absolute atomic E-state index is 0.120. The Bertz CT molecular complexity index is 574. The lowest BCUT2D eigenvalue weighted by atomic mass is 10.1. The van der Waals surface area contributed by atoms with Gasteiger partial charge in [-0.05, 0) is 57.9 Å². The number of hydrogen-bond acceptors (Lipinski definition) is 4. The Morgan fingerprint density at radius 1 is 1.10 bits per heavy atom. The SMILES string of the molecule is Cc1c(OCCOC(C)(C)C)ccc(S(=O)(=O)Cl)c1C. The van der Waals surface area contributed by atoms with E-state index in [1.165, 1.54) is 6.07 Å². The van der Waals surface area contributed by atoms with E-state index in [0.717, 1.165) is 5.56 Å². The van der Waals surface area contributed by atoms with Gasteiger partial charge in [0.05, 0.1) is 17.1 Å². The summed E-state index contributed by atoms with van der Waals surface area (Å²) in [4.78, 5) is 0.120. The maximum atomic E-state index is 11.4. The van der Waals surface area contributed by atoms with Crippen LogP contribution in [0.2, 0.25) is 0 Å². The molecule has 1 aromatic rings. The van der Waals surface area contributed by atoms with Gasteiger partial charge in [0.15, 0.2) is 0 Å². The van der Waals surface area contributed by atoms with Gasteiger partial charge in [-0.1, -0.05) is 0 Å². The summed E-state index contributed by atoms with van der Waals surface area (Å²) in [6, 6.07) is 3.08. The van der Waals surface area contributed by atoms with E-state index in [1.54, 1.807) is 19.9 Å². The van der Waals surface area contributed by atoms with E-state index < -0.39 is 9.05 Å². The molecule has 0 aromatic heterocycles. The molecule has 0 bridgehead atoms. The molecule has 0 N–H and O–H groups in total. The molecule has 0 saturated carbocycles. The third kappa shape index (κ3) is 4.96. The Kier molecular flexibility index (Phi) is 5.46. The third-order valence-electron chi connectivity index (χ3n) is 2.83. The minimum atomic E-state index is -3.73. The number of halogens is 1. The van der Waals surface area contributed by atoms with E-state index in [2.05, 4.69) is 0 Å². The molecule has 4 nitrogen and oxygen atoms in total. The van der Waals surface area contributed by atoms with Gasteiger partial charge in [0, 0.05) is 10.7 Å². The fraction of sp³-hybridized carbons (Fsp3) is 0.571. The van der Waals surface area contributed by atoms with Crippen LogP contribution in [0.5, 0.6) is 5.75 Å². The Morgan fingerprint density at radius 3 is 2.20 bits per heavy atom. The summed E-state index contributed by atoms with van der Waals surface area (Å²) in [6.07, 6.45) is 0. The largest absolute Gasteiger partial charge is 0.491 e. The summed E-state index contributed by atoms with van der Waals surface area (Å²) in [5, 5.41) is 0. The van der Waals surface area contributed by atoms with Gasteiger partial charge in [0.1, 0.15) is 12.4 Å². The van der Waals surface area contributed by atoms with Crippen molar-refractivity contribution >= 4 is 19.7 Å². The highest BCUT2D eigenvalue weighted by Crippen LogP contribution is 2.28. The molecular formula is C14H21ClO4S.